The topological polar surface area (TPSA) is 122 Å². The number of anilines is 1. The standard InChI is InChI=1S/C13H11Cl3N6OS/c14-4-8(23)21-22-12(18)9-10(19-13(24)20-11(9)17)6-2-1-5(15)3-7(6)16/h1-3H,4H2,(H2,18,22)(H,21,23)(H3,17,19,20,24). The van der Waals surface area contributed by atoms with Crippen LogP contribution in [-0.2, 0) is 4.79 Å². The van der Waals surface area contributed by atoms with Crippen LogP contribution >= 0.6 is 47.0 Å². The second-order valence-electron chi connectivity index (χ2n) is 4.47. The Balaban J connectivity index is 2.64. The van der Waals surface area contributed by atoms with Gasteiger partial charge in [-0.3, -0.25) is 4.79 Å². The summed E-state index contributed by atoms with van der Waals surface area (Å²) in [5.74, 6) is -0.856. The number of hydrogen-bond donors (Lipinski definition) is 4. The van der Waals surface area contributed by atoms with Crippen LogP contribution in [0.15, 0.2) is 23.3 Å². The largest absolute Gasteiger partial charge is 0.383 e. The Morgan fingerprint density at radius 3 is 2.75 bits per heavy atom. The van der Waals surface area contributed by atoms with Crippen molar-refractivity contribution in [2.45, 2.75) is 0 Å². The summed E-state index contributed by atoms with van der Waals surface area (Å²) in [7, 11) is 0. The Kier molecular flexibility index (Phi) is 6.00. The van der Waals surface area contributed by atoms with E-state index in [2.05, 4.69) is 20.5 Å². The number of nitrogens with zero attached hydrogens (tertiary/aromatic N) is 2. The van der Waals surface area contributed by atoms with Crippen molar-refractivity contribution < 1.29 is 4.79 Å². The third-order valence-corrected chi connectivity index (χ3v) is 3.82. The highest BCUT2D eigenvalue weighted by molar-refractivity contribution is 7.71. The second kappa shape index (κ2) is 7.80. The number of H-pyrrole nitrogens is 1. The number of hydrazone groups is 1. The molecule has 1 aromatic heterocycles. The van der Waals surface area contributed by atoms with Gasteiger partial charge < -0.3 is 16.5 Å². The van der Waals surface area contributed by atoms with Crippen LogP contribution in [0.3, 0.4) is 0 Å². The quantitative estimate of drug-likeness (QED) is 0.205. The van der Waals surface area contributed by atoms with Crippen LogP contribution < -0.4 is 16.9 Å². The summed E-state index contributed by atoms with van der Waals surface area (Å²) < 4.78 is 0.134. The van der Waals surface area contributed by atoms with Crippen LogP contribution in [-0.4, -0.2) is 27.6 Å². The average Bonchev–Trinajstić information content (AvgIpc) is 2.51. The summed E-state index contributed by atoms with van der Waals surface area (Å²) in [4.78, 5) is 18.0. The van der Waals surface area contributed by atoms with E-state index in [-0.39, 0.29) is 27.9 Å². The number of amides is 1. The lowest BCUT2D eigenvalue weighted by atomic mass is 10.1. The Bertz CT molecular complexity index is 882. The Morgan fingerprint density at radius 2 is 2.12 bits per heavy atom. The molecule has 1 amide bonds. The molecule has 0 aliphatic carbocycles. The molecule has 126 valence electrons. The van der Waals surface area contributed by atoms with Crippen LogP contribution in [0.2, 0.25) is 10.0 Å². The van der Waals surface area contributed by atoms with Crippen molar-refractivity contribution in [3.05, 3.63) is 38.6 Å². The number of aromatic amines is 1. The first-order chi connectivity index (χ1) is 11.3. The van der Waals surface area contributed by atoms with Gasteiger partial charge in [0.05, 0.1) is 16.3 Å². The highest BCUT2D eigenvalue weighted by Crippen LogP contribution is 2.32. The third kappa shape index (κ3) is 4.15. The molecule has 1 heterocycles. The normalized spacial score (nSPS) is 11.4. The molecule has 0 aliphatic rings. The number of hydrogen-bond acceptors (Lipinski definition) is 5. The molecule has 0 atom stereocenters. The van der Waals surface area contributed by atoms with Gasteiger partial charge in [0.2, 0.25) is 0 Å². The molecule has 0 bridgehead atoms. The van der Waals surface area contributed by atoms with Crippen molar-refractivity contribution in [3.63, 3.8) is 0 Å². The minimum absolute atomic E-state index is 0.0288. The maximum Gasteiger partial charge on any atom is 0.255 e. The monoisotopic (exact) mass is 404 g/mol. The number of rotatable bonds is 4. The van der Waals surface area contributed by atoms with E-state index in [1.807, 2.05) is 0 Å². The first kappa shape index (κ1) is 18.5. The minimum atomic E-state index is -0.527. The summed E-state index contributed by atoms with van der Waals surface area (Å²) in [5.41, 5.74) is 15.2. The molecular weight excluding hydrogens is 395 g/mol. The SMILES string of the molecule is N/C(=N\NC(=O)CCl)c1c(N)nc(=S)[nH]c1-c1ccc(Cl)cc1Cl. The molecule has 2 aromatic rings. The number of nitrogen functional groups attached to an aromatic ring is 1. The van der Waals surface area contributed by atoms with Crippen LogP contribution in [0.25, 0.3) is 11.3 Å². The second-order valence-corrected chi connectivity index (χ2v) is 5.96. The molecular formula is C13H11Cl3N6OS. The summed E-state index contributed by atoms with van der Waals surface area (Å²) >= 11 is 22.6. The lowest BCUT2D eigenvalue weighted by molar-refractivity contribution is -0.118. The number of carbonyl (C=O) groups excluding carboxylic acids is 1. The number of benzene rings is 1. The summed E-state index contributed by atoms with van der Waals surface area (Å²) in [6.07, 6.45) is 0. The van der Waals surface area contributed by atoms with Crippen molar-refractivity contribution in [3.8, 4) is 11.3 Å². The molecule has 24 heavy (non-hydrogen) atoms. The van der Waals surface area contributed by atoms with Crippen molar-refractivity contribution in [1.82, 2.24) is 15.4 Å². The van der Waals surface area contributed by atoms with Gasteiger partial charge in [-0.15, -0.1) is 11.6 Å². The fourth-order valence-corrected chi connectivity index (χ4v) is 2.62. The fourth-order valence-electron chi connectivity index (χ4n) is 1.85. The van der Waals surface area contributed by atoms with Gasteiger partial charge in [-0.05, 0) is 30.4 Å². The van der Waals surface area contributed by atoms with Gasteiger partial charge >= 0.3 is 0 Å². The predicted molar refractivity (Wildman–Crippen MR) is 98.9 cm³/mol. The molecule has 0 saturated heterocycles. The summed E-state index contributed by atoms with van der Waals surface area (Å²) in [5, 5.41) is 4.56. The van der Waals surface area contributed by atoms with E-state index in [0.717, 1.165) is 0 Å². The molecule has 0 fully saturated rings. The number of carbonyl (C=O) groups is 1. The van der Waals surface area contributed by atoms with E-state index in [1.165, 1.54) is 0 Å². The third-order valence-electron chi connectivity index (χ3n) is 2.84. The molecule has 2 rings (SSSR count). The number of alkyl halides is 1. The molecule has 0 spiro atoms. The molecule has 1 aromatic carbocycles. The van der Waals surface area contributed by atoms with E-state index >= 15 is 0 Å². The maximum absolute atomic E-state index is 11.2. The maximum atomic E-state index is 11.2. The lowest BCUT2D eigenvalue weighted by Crippen LogP contribution is -2.26. The van der Waals surface area contributed by atoms with Crippen LogP contribution in [0.1, 0.15) is 5.56 Å². The Hall–Kier alpha value is -1.87. The lowest BCUT2D eigenvalue weighted by Gasteiger charge is -2.13. The number of halogens is 3. The average molecular weight is 406 g/mol. The molecule has 7 nitrogen and oxygen atoms in total. The number of amidine groups is 1. The van der Waals surface area contributed by atoms with Crippen LogP contribution in [0.4, 0.5) is 5.82 Å². The zero-order valence-corrected chi connectivity index (χ0v) is 15.0. The van der Waals surface area contributed by atoms with Gasteiger partial charge in [-0.1, -0.05) is 23.2 Å². The van der Waals surface area contributed by atoms with Crippen molar-refractivity contribution in [1.29, 1.82) is 0 Å². The van der Waals surface area contributed by atoms with E-state index in [4.69, 9.17) is 58.5 Å². The van der Waals surface area contributed by atoms with E-state index in [9.17, 15) is 4.79 Å². The van der Waals surface area contributed by atoms with Gasteiger partial charge in [0.15, 0.2) is 10.6 Å². The van der Waals surface area contributed by atoms with Gasteiger partial charge in [0, 0.05) is 10.6 Å². The molecule has 11 heteroatoms. The van der Waals surface area contributed by atoms with E-state index in [0.29, 0.717) is 21.3 Å². The Morgan fingerprint density at radius 1 is 1.42 bits per heavy atom. The van der Waals surface area contributed by atoms with E-state index < -0.39 is 5.91 Å². The highest BCUT2D eigenvalue weighted by Gasteiger charge is 2.17. The molecule has 6 N–H and O–H groups in total. The van der Waals surface area contributed by atoms with Gasteiger partial charge in [0.25, 0.3) is 5.91 Å². The minimum Gasteiger partial charge on any atom is -0.383 e. The van der Waals surface area contributed by atoms with E-state index in [1.54, 1.807) is 18.2 Å². The van der Waals surface area contributed by atoms with Crippen LogP contribution in [0.5, 0.6) is 0 Å². The number of aromatic nitrogens is 2. The van der Waals surface area contributed by atoms with Gasteiger partial charge in [-0.2, -0.15) is 5.10 Å². The zero-order chi connectivity index (χ0) is 17.9. The number of nitrogens with two attached hydrogens (primary N) is 2. The van der Waals surface area contributed by atoms with Crippen molar-refractivity contribution in [2.75, 3.05) is 11.6 Å². The first-order valence-electron chi connectivity index (χ1n) is 6.37. The van der Waals surface area contributed by atoms with Crippen molar-refractivity contribution >= 4 is 64.6 Å². The summed E-state index contributed by atoms with van der Waals surface area (Å²) in [6.45, 7) is 0. The predicted octanol–water partition coefficient (Wildman–Crippen LogP) is 2.67. The van der Waals surface area contributed by atoms with Crippen LogP contribution in [0, 0.1) is 4.77 Å². The number of nitrogens with one attached hydrogen (secondary N) is 2. The summed E-state index contributed by atoms with van der Waals surface area (Å²) in [6, 6.07) is 4.86. The first-order valence-corrected chi connectivity index (χ1v) is 8.07. The highest BCUT2D eigenvalue weighted by atomic mass is 35.5. The van der Waals surface area contributed by atoms with Crippen molar-refractivity contribution in [2.24, 2.45) is 10.8 Å². The fraction of sp³-hybridized carbons (Fsp3) is 0.0769. The molecule has 0 unspecified atom stereocenters. The van der Waals surface area contributed by atoms with Gasteiger partial charge in [-0.25, -0.2) is 10.4 Å². The molecule has 0 radical (unpaired) electrons. The zero-order valence-electron chi connectivity index (χ0n) is 11.9. The molecule has 0 saturated carbocycles. The van der Waals surface area contributed by atoms with Gasteiger partial charge in [0.1, 0.15) is 11.7 Å². The Labute approximate surface area is 157 Å². The molecule has 0 aliphatic heterocycles. The smallest absolute Gasteiger partial charge is 0.255 e.